The van der Waals surface area contributed by atoms with Crippen LogP contribution in [0.3, 0.4) is 0 Å². The first-order chi connectivity index (χ1) is 17.0. The van der Waals surface area contributed by atoms with E-state index >= 15 is 0 Å². The van der Waals surface area contributed by atoms with Gasteiger partial charge < -0.3 is 10.1 Å². The topological polar surface area (TPSA) is 73.2 Å². The Balaban J connectivity index is 1.47. The van der Waals surface area contributed by atoms with Crippen molar-refractivity contribution in [3.05, 3.63) is 95.9 Å². The maximum atomic E-state index is 14.0. The minimum absolute atomic E-state index is 0.109. The molecule has 1 amide bonds. The Labute approximate surface area is 202 Å². The van der Waals surface area contributed by atoms with Gasteiger partial charge in [-0.15, -0.1) is 0 Å². The van der Waals surface area contributed by atoms with Gasteiger partial charge in [0.05, 0.1) is 23.4 Å². The molecule has 0 unspecified atom stereocenters. The number of ether oxygens (including phenoxy) is 1. The van der Waals surface area contributed by atoms with E-state index in [4.69, 9.17) is 9.84 Å². The van der Waals surface area contributed by atoms with Crippen molar-refractivity contribution in [2.45, 2.75) is 32.1 Å². The van der Waals surface area contributed by atoms with Crippen molar-refractivity contribution in [1.29, 1.82) is 0 Å². The molecule has 0 radical (unpaired) electrons. The van der Waals surface area contributed by atoms with E-state index in [1.807, 2.05) is 54.6 Å². The van der Waals surface area contributed by atoms with Gasteiger partial charge in [0.1, 0.15) is 5.82 Å². The molecule has 3 aromatic carbocycles. The van der Waals surface area contributed by atoms with Crippen LogP contribution in [0.1, 0.15) is 36.9 Å². The van der Waals surface area contributed by atoms with Crippen molar-refractivity contribution in [2.75, 3.05) is 5.32 Å². The zero-order valence-corrected chi connectivity index (χ0v) is 19.2. The average molecular weight is 470 g/mol. The van der Waals surface area contributed by atoms with E-state index in [0.29, 0.717) is 16.9 Å². The van der Waals surface area contributed by atoms with Crippen molar-refractivity contribution < 1.29 is 18.7 Å². The van der Waals surface area contributed by atoms with Crippen LogP contribution in [0.4, 0.5) is 10.1 Å². The Morgan fingerprint density at radius 3 is 2.43 bits per heavy atom. The second-order valence-corrected chi connectivity index (χ2v) is 8.61. The molecule has 176 valence electrons. The third-order valence-corrected chi connectivity index (χ3v) is 5.79. The summed E-state index contributed by atoms with van der Waals surface area (Å²) in [7, 11) is 0. The summed E-state index contributed by atoms with van der Waals surface area (Å²) in [5.41, 5.74) is 4.38. The highest BCUT2D eigenvalue weighted by atomic mass is 19.1. The lowest BCUT2D eigenvalue weighted by molar-refractivity contribution is -0.132. The van der Waals surface area contributed by atoms with Gasteiger partial charge in [-0.2, -0.15) is 9.78 Å². The number of rotatable bonds is 7. The summed E-state index contributed by atoms with van der Waals surface area (Å²) in [5, 5.41) is 7.65. The van der Waals surface area contributed by atoms with Gasteiger partial charge in [-0.1, -0.05) is 48.5 Å². The predicted molar refractivity (Wildman–Crippen MR) is 131 cm³/mol. The van der Waals surface area contributed by atoms with Crippen LogP contribution in [0, 0.1) is 5.82 Å². The summed E-state index contributed by atoms with van der Waals surface area (Å²) in [6, 6.07) is 22.9. The van der Waals surface area contributed by atoms with E-state index in [9.17, 15) is 14.0 Å². The number of anilines is 1. The first-order valence-corrected chi connectivity index (χ1v) is 11.5. The third-order valence-electron chi connectivity index (χ3n) is 5.79. The normalized spacial score (nSPS) is 12.9. The fourth-order valence-corrected chi connectivity index (χ4v) is 4.05. The molecule has 0 atom stereocenters. The van der Waals surface area contributed by atoms with Crippen LogP contribution in [-0.4, -0.2) is 21.7 Å². The fourth-order valence-electron chi connectivity index (χ4n) is 4.05. The molecule has 7 heteroatoms. The van der Waals surface area contributed by atoms with Gasteiger partial charge in [0.25, 0.3) is 0 Å². The summed E-state index contributed by atoms with van der Waals surface area (Å²) in [6.07, 6.45) is 2.26. The Bertz CT molecular complexity index is 1380. The van der Waals surface area contributed by atoms with Crippen molar-refractivity contribution in [3.8, 4) is 22.7 Å². The zero-order chi connectivity index (χ0) is 24.4. The Hall–Kier alpha value is -4.26. The molecular formula is C28H24FN3O3. The monoisotopic (exact) mass is 469 g/mol. The highest BCUT2D eigenvalue weighted by Gasteiger charge is 2.34. The fraction of sp³-hybridized carbons (Fsp3) is 0.179. The molecule has 0 bridgehead atoms. The maximum Gasteiger partial charge on any atom is 0.309 e. The number of halogens is 1. The number of hydrogen-bond donors (Lipinski definition) is 1. The van der Waals surface area contributed by atoms with Gasteiger partial charge in [-0.05, 0) is 54.3 Å². The third kappa shape index (κ3) is 5.14. The lowest BCUT2D eigenvalue weighted by Crippen LogP contribution is -2.14. The molecule has 5 rings (SSSR count). The summed E-state index contributed by atoms with van der Waals surface area (Å²) in [4.78, 5) is 24.4. The van der Waals surface area contributed by atoms with Crippen molar-refractivity contribution in [2.24, 2.45) is 0 Å². The molecule has 6 nitrogen and oxygen atoms in total. The average Bonchev–Trinajstić information content (AvgIpc) is 3.62. The zero-order valence-electron chi connectivity index (χ0n) is 19.2. The van der Waals surface area contributed by atoms with Crippen LogP contribution in [0.15, 0.2) is 78.9 Å². The van der Waals surface area contributed by atoms with E-state index < -0.39 is 11.8 Å². The van der Waals surface area contributed by atoms with Gasteiger partial charge in [-0.3, -0.25) is 9.59 Å². The molecule has 1 saturated carbocycles. The molecular weight excluding hydrogens is 445 g/mol. The Kier molecular flexibility index (Phi) is 6.14. The number of amides is 1. The predicted octanol–water partition coefficient (Wildman–Crippen LogP) is 5.66. The lowest BCUT2D eigenvalue weighted by Gasteiger charge is -2.10. The molecule has 1 aromatic heterocycles. The van der Waals surface area contributed by atoms with Crippen molar-refractivity contribution >= 4 is 17.6 Å². The number of esters is 1. The molecule has 0 saturated heterocycles. The molecule has 1 heterocycles. The van der Waals surface area contributed by atoms with Gasteiger partial charge in [-0.25, -0.2) is 4.39 Å². The highest BCUT2D eigenvalue weighted by molar-refractivity contribution is 5.92. The molecule has 4 aromatic rings. The van der Waals surface area contributed by atoms with Crippen LogP contribution < -0.4 is 10.1 Å². The summed E-state index contributed by atoms with van der Waals surface area (Å²) < 4.78 is 21.1. The standard InChI is InChI=1S/C28H24FN3O3/c1-18(33)35-28-26(27(21-10-11-21)31-32(28)24-9-5-8-22(29)17-24)20-12-14-23(15-13-20)30-25(34)16-19-6-3-2-4-7-19/h2-9,12-15,17,21H,10-11,16H2,1H3,(H,30,34). The quantitative estimate of drug-likeness (QED) is 0.355. The number of carbonyl (C=O) groups excluding carboxylic acids is 2. The molecule has 0 spiro atoms. The molecule has 1 aliphatic rings. The minimum Gasteiger partial charge on any atom is -0.407 e. The van der Waals surface area contributed by atoms with Crippen molar-refractivity contribution in [3.63, 3.8) is 0 Å². The van der Waals surface area contributed by atoms with Crippen LogP contribution in [0.2, 0.25) is 0 Å². The van der Waals surface area contributed by atoms with Gasteiger partial charge in [0.15, 0.2) is 0 Å². The summed E-state index contributed by atoms with van der Waals surface area (Å²) >= 11 is 0. The van der Waals surface area contributed by atoms with Crippen LogP contribution >= 0.6 is 0 Å². The van der Waals surface area contributed by atoms with Crippen molar-refractivity contribution in [1.82, 2.24) is 9.78 Å². The number of benzene rings is 3. The maximum absolute atomic E-state index is 14.0. The van der Waals surface area contributed by atoms with Crippen LogP contribution in [-0.2, 0) is 16.0 Å². The number of nitrogens with one attached hydrogen (secondary N) is 1. The number of hydrogen-bond acceptors (Lipinski definition) is 4. The van der Waals surface area contributed by atoms with Gasteiger partial charge >= 0.3 is 5.97 Å². The minimum atomic E-state index is -0.490. The van der Waals surface area contributed by atoms with Gasteiger partial charge in [0.2, 0.25) is 11.8 Å². The van der Waals surface area contributed by atoms with E-state index in [1.165, 1.54) is 23.7 Å². The van der Waals surface area contributed by atoms with Gasteiger partial charge in [0, 0.05) is 18.5 Å². The first-order valence-electron chi connectivity index (χ1n) is 11.5. The molecule has 0 aliphatic heterocycles. The number of aromatic nitrogens is 2. The van der Waals surface area contributed by atoms with E-state index in [2.05, 4.69) is 5.32 Å². The lowest BCUT2D eigenvalue weighted by atomic mass is 10.0. The van der Waals surface area contributed by atoms with Crippen LogP contribution in [0.5, 0.6) is 5.88 Å². The smallest absolute Gasteiger partial charge is 0.309 e. The molecule has 1 N–H and O–H groups in total. The molecule has 1 aliphatic carbocycles. The second-order valence-electron chi connectivity index (χ2n) is 8.61. The Morgan fingerprint density at radius 2 is 1.77 bits per heavy atom. The SMILES string of the molecule is CC(=O)Oc1c(-c2ccc(NC(=O)Cc3ccccc3)cc2)c(C2CC2)nn1-c1cccc(F)c1. The first kappa shape index (κ1) is 22.5. The molecule has 35 heavy (non-hydrogen) atoms. The second kappa shape index (κ2) is 9.54. The number of carbonyl (C=O) groups is 2. The molecule has 1 fully saturated rings. The van der Waals surface area contributed by atoms with Crippen LogP contribution in [0.25, 0.3) is 16.8 Å². The largest absolute Gasteiger partial charge is 0.407 e. The number of nitrogens with zero attached hydrogens (tertiary/aromatic N) is 2. The van der Waals surface area contributed by atoms with E-state index in [1.54, 1.807) is 12.1 Å². The summed E-state index contributed by atoms with van der Waals surface area (Å²) in [6.45, 7) is 1.33. The summed E-state index contributed by atoms with van der Waals surface area (Å²) in [5.74, 6) is -0.500. The van der Waals surface area contributed by atoms with E-state index in [0.717, 1.165) is 29.7 Å². The Morgan fingerprint density at radius 1 is 1.03 bits per heavy atom. The van der Waals surface area contributed by atoms with E-state index in [-0.39, 0.29) is 24.1 Å². The highest BCUT2D eigenvalue weighted by Crippen LogP contribution is 2.48.